The molecule has 12 heavy (non-hydrogen) atoms. The fourth-order valence-electron chi connectivity index (χ4n) is 1.59. The zero-order valence-electron chi connectivity index (χ0n) is 7.50. The number of ketones is 1. The molecule has 3 nitrogen and oxygen atoms in total. The topological polar surface area (TPSA) is 43.4 Å². The number of hydrogen-bond donors (Lipinski definition) is 0. The van der Waals surface area contributed by atoms with Gasteiger partial charge in [-0.15, -0.1) is 0 Å². The van der Waals surface area contributed by atoms with Gasteiger partial charge in [0.05, 0.1) is 7.11 Å². The van der Waals surface area contributed by atoms with Gasteiger partial charge in [-0.05, 0) is 18.8 Å². The Morgan fingerprint density at radius 1 is 1.50 bits per heavy atom. The maximum absolute atomic E-state index is 11.3. The molecule has 0 heterocycles. The van der Waals surface area contributed by atoms with E-state index in [9.17, 15) is 9.59 Å². The number of Topliss-reactive ketones (excluding diaryl/α,β-unsaturated/α-hetero) is 1. The van der Waals surface area contributed by atoms with E-state index < -0.39 is 5.92 Å². The van der Waals surface area contributed by atoms with E-state index >= 15 is 0 Å². The standard InChI is InChI=1S/C9H14O3/c1-6-3-4-7(8(10)5-6)9(11)12-2/h6-7H,3-5H2,1-2H3/t6-,7?/m1/s1. The summed E-state index contributed by atoms with van der Waals surface area (Å²) in [5.41, 5.74) is 0. The average molecular weight is 170 g/mol. The Morgan fingerprint density at radius 2 is 2.17 bits per heavy atom. The largest absolute Gasteiger partial charge is 0.468 e. The van der Waals surface area contributed by atoms with Crippen molar-refractivity contribution < 1.29 is 14.3 Å². The van der Waals surface area contributed by atoms with Crippen molar-refractivity contribution in [1.82, 2.24) is 0 Å². The summed E-state index contributed by atoms with van der Waals surface area (Å²) in [5, 5.41) is 0. The van der Waals surface area contributed by atoms with Crippen molar-refractivity contribution in [3.63, 3.8) is 0 Å². The molecule has 1 aliphatic carbocycles. The Kier molecular flexibility index (Phi) is 2.84. The molecule has 0 bridgehead atoms. The van der Waals surface area contributed by atoms with Crippen LogP contribution in [0.3, 0.4) is 0 Å². The van der Waals surface area contributed by atoms with Crippen molar-refractivity contribution in [3.05, 3.63) is 0 Å². The Bertz CT molecular complexity index is 198. The molecule has 0 N–H and O–H groups in total. The molecule has 1 rings (SSSR count). The van der Waals surface area contributed by atoms with Gasteiger partial charge in [-0.25, -0.2) is 0 Å². The quantitative estimate of drug-likeness (QED) is 0.438. The molecular formula is C9H14O3. The predicted molar refractivity (Wildman–Crippen MR) is 43.5 cm³/mol. The Morgan fingerprint density at radius 3 is 2.67 bits per heavy atom. The third-order valence-electron chi connectivity index (χ3n) is 2.37. The SMILES string of the molecule is COC(=O)C1CC[C@@H](C)CC1=O. The minimum atomic E-state index is -0.480. The van der Waals surface area contributed by atoms with Crippen LogP contribution in [0.1, 0.15) is 26.2 Å². The van der Waals surface area contributed by atoms with Gasteiger partial charge in [-0.3, -0.25) is 9.59 Å². The zero-order valence-corrected chi connectivity index (χ0v) is 7.50. The number of carbonyl (C=O) groups excluding carboxylic acids is 2. The van der Waals surface area contributed by atoms with E-state index in [1.54, 1.807) is 0 Å². The van der Waals surface area contributed by atoms with E-state index in [1.807, 2.05) is 6.92 Å². The van der Waals surface area contributed by atoms with Crippen molar-refractivity contribution in [2.75, 3.05) is 7.11 Å². The summed E-state index contributed by atoms with van der Waals surface area (Å²) in [4.78, 5) is 22.3. The smallest absolute Gasteiger partial charge is 0.316 e. The molecule has 0 amide bonds. The minimum Gasteiger partial charge on any atom is -0.468 e. The van der Waals surface area contributed by atoms with E-state index in [4.69, 9.17) is 0 Å². The average Bonchev–Trinajstić information content (AvgIpc) is 2.03. The second kappa shape index (κ2) is 3.70. The van der Waals surface area contributed by atoms with Gasteiger partial charge >= 0.3 is 5.97 Å². The number of methoxy groups -OCH3 is 1. The van der Waals surface area contributed by atoms with Crippen LogP contribution in [0, 0.1) is 11.8 Å². The van der Waals surface area contributed by atoms with Gasteiger partial charge in [0.1, 0.15) is 11.7 Å². The lowest BCUT2D eigenvalue weighted by Crippen LogP contribution is -2.30. The highest BCUT2D eigenvalue weighted by molar-refractivity contribution is 5.99. The van der Waals surface area contributed by atoms with Crippen LogP contribution in [0.15, 0.2) is 0 Å². The minimum absolute atomic E-state index is 0.0422. The summed E-state index contributed by atoms with van der Waals surface area (Å²) in [6, 6.07) is 0. The molecule has 1 saturated carbocycles. The second-order valence-corrected chi connectivity index (χ2v) is 3.43. The van der Waals surface area contributed by atoms with Crippen LogP contribution in [0.2, 0.25) is 0 Å². The zero-order chi connectivity index (χ0) is 9.14. The van der Waals surface area contributed by atoms with E-state index in [0.29, 0.717) is 18.8 Å². The third-order valence-corrected chi connectivity index (χ3v) is 2.37. The van der Waals surface area contributed by atoms with Crippen LogP contribution in [-0.4, -0.2) is 18.9 Å². The molecule has 0 saturated heterocycles. The Hall–Kier alpha value is -0.860. The monoisotopic (exact) mass is 170 g/mol. The first kappa shape index (κ1) is 9.23. The van der Waals surface area contributed by atoms with Crippen molar-refractivity contribution >= 4 is 11.8 Å². The van der Waals surface area contributed by atoms with Crippen LogP contribution < -0.4 is 0 Å². The van der Waals surface area contributed by atoms with Crippen LogP contribution in [0.25, 0.3) is 0 Å². The number of esters is 1. The van der Waals surface area contributed by atoms with Crippen molar-refractivity contribution in [3.8, 4) is 0 Å². The van der Waals surface area contributed by atoms with Crippen LogP contribution in [-0.2, 0) is 14.3 Å². The molecule has 0 radical (unpaired) electrons. The lowest BCUT2D eigenvalue weighted by Gasteiger charge is -2.22. The predicted octanol–water partition coefficient (Wildman–Crippen LogP) is 1.16. The highest BCUT2D eigenvalue weighted by atomic mass is 16.5. The van der Waals surface area contributed by atoms with E-state index in [0.717, 1.165) is 6.42 Å². The van der Waals surface area contributed by atoms with Crippen LogP contribution in [0.4, 0.5) is 0 Å². The summed E-state index contributed by atoms with van der Waals surface area (Å²) >= 11 is 0. The van der Waals surface area contributed by atoms with E-state index in [-0.39, 0.29) is 11.8 Å². The molecule has 2 atom stereocenters. The summed E-state index contributed by atoms with van der Waals surface area (Å²) in [6.07, 6.45) is 2.14. The van der Waals surface area contributed by atoms with Gasteiger partial charge in [0, 0.05) is 6.42 Å². The third kappa shape index (κ3) is 1.84. The van der Waals surface area contributed by atoms with Gasteiger partial charge in [0.15, 0.2) is 0 Å². The lowest BCUT2D eigenvalue weighted by atomic mass is 9.82. The maximum Gasteiger partial charge on any atom is 0.316 e. The maximum atomic E-state index is 11.3. The van der Waals surface area contributed by atoms with Crippen molar-refractivity contribution in [2.45, 2.75) is 26.2 Å². The number of hydrogen-bond acceptors (Lipinski definition) is 3. The van der Waals surface area contributed by atoms with Crippen LogP contribution >= 0.6 is 0 Å². The Labute approximate surface area is 72.1 Å². The molecule has 0 aliphatic heterocycles. The second-order valence-electron chi connectivity index (χ2n) is 3.43. The molecular weight excluding hydrogens is 156 g/mol. The van der Waals surface area contributed by atoms with E-state index in [2.05, 4.69) is 4.74 Å². The number of ether oxygens (including phenoxy) is 1. The first-order valence-corrected chi connectivity index (χ1v) is 4.25. The first-order valence-electron chi connectivity index (χ1n) is 4.25. The summed E-state index contributed by atoms with van der Waals surface area (Å²) in [7, 11) is 1.33. The number of rotatable bonds is 1. The molecule has 3 heteroatoms. The van der Waals surface area contributed by atoms with E-state index in [1.165, 1.54) is 7.11 Å². The fourth-order valence-corrected chi connectivity index (χ4v) is 1.59. The fraction of sp³-hybridized carbons (Fsp3) is 0.778. The lowest BCUT2D eigenvalue weighted by molar-refractivity contribution is -0.151. The normalized spacial score (nSPS) is 30.0. The van der Waals surface area contributed by atoms with Gasteiger partial charge in [0.25, 0.3) is 0 Å². The molecule has 0 aromatic carbocycles. The van der Waals surface area contributed by atoms with Gasteiger partial charge < -0.3 is 4.74 Å². The number of carbonyl (C=O) groups is 2. The first-order chi connectivity index (χ1) is 5.65. The molecule has 1 unspecified atom stereocenters. The van der Waals surface area contributed by atoms with Crippen LogP contribution in [0.5, 0.6) is 0 Å². The summed E-state index contributed by atoms with van der Waals surface area (Å²) < 4.78 is 4.54. The highest BCUT2D eigenvalue weighted by Gasteiger charge is 2.32. The Balaban J connectivity index is 2.56. The van der Waals surface area contributed by atoms with Crippen molar-refractivity contribution in [2.24, 2.45) is 11.8 Å². The van der Waals surface area contributed by atoms with Gasteiger partial charge in [-0.1, -0.05) is 6.92 Å². The molecule has 0 aromatic rings. The molecule has 68 valence electrons. The van der Waals surface area contributed by atoms with Crippen molar-refractivity contribution in [1.29, 1.82) is 0 Å². The molecule has 1 fully saturated rings. The summed E-state index contributed by atoms with van der Waals surface area (Å²) in [5.74, 6) is -0.378. The molecule has 0 aromatic heterocycles. The molecule has 1 aliphatic rings. The highest BCUT2D eigenvalue weighted by Crippen LogP contribution is 2.26. The summed E-state index contributed by atoms with van der Waals surface area (Å²) in [6.45, 7) is 2.03. The van der Waals surface area contributed by atoms with Gasteiger partial charge in [0.2, 0.25) is 0 Å². The van der Waals surface area contributed by atoms with Gasteiger partial charge in [-0.2, -0.15) is 0 Å². The molecule has 0 spiro atoms.